The van der Waals surface area contributed by atoms with Crippen LogP contribution in [0, 0.1) is 11.3 Å². The maximum absolute atomic E-state index is 12.5. The van der Waals surface area contributed by atoms with Gasteiger partial charge in [-0.3, -0.25) is 9.78 Å². The van der Waals surface area contributed by atoms with Gasteiger partial charge in [0.05, 0.1) is 12.8 Å². The molecule has 6 heteroatoms. The zero-order valence-electron chi connectivity index (χ0n) is 14.9. The van der Waals surface area contributed by atoms with Gasteiger partial charge in [0.15, 0.2) is 0 Å². The van der Waals surface area contributed by atoms with Crippen LogP contribution < -0.4 is 0 Å². The zero-order valence-corrected chi connectivity index (χ0v) is 14.9. The summed E-state index contributed by atoms with van der Waals surface area (Å²) < 4.78 is 5.51. The zero-order chi connectivity index (χ0) is 17.1. The van der Waals surface area contributed by atoms with Crippen LogP contribution in [0.2, 0.25) is 0 Å². The normalized spacial score (nSPS) is 26.9. The summed E-state index contributed by atoms with van der Waals surface area (Å²) in [7, 11) is 0. The van der Waals surface area contributed by atoms with Crippen LogP contribution in [0.5, 0.6) is 0 Å². The highest BCUT2D eigenvalue weighted by Gasteiger charge is 2.39. The topological polar surface area (TPSA) is 58.6 Å². The highest BCUT2D eigenvalue weighted by Crippen LogP contribution is 2.41. The summed E-state index contributed by atoms with van der Waals surface area (Å²) in [5.41, 5.74) is 0.911. The lowest BCUT2D eigenvalue weighted by Gasteiger charge is -2.47. The van der Waals surface area contributed by atoms with Crippen LogP contribution in [0.3, 0.4) is 0 Å². The fourth-order valence-electron chi connectivity index (χ4n) is 4.56. The van der Waals surface area contributed by atoms with Crippen molar-refractivity contribution in [3.05, 3.63) is 24.3 Å². The Morgan fingerprint density at radius 2 is 1.92 bits per heavy atom. The van der Waals surface area contributed by atoms with Gasteiger partial charge in [-0.05, 0) is 56.5 Å². The molecule has 1 unspecified atom stereocenters. The van der Waals surface area contributed by atoms with Gasteiger partial charge in [0.25, 0.3) is 5.91 Å². The van der Waals surface area contributed by atoms with E-state index < -0.39 is 0 Å². The summed E-state index contributed by atoms with van der Waals surface area (Å²) in [6, 6.07) is 0. The Bertz CT molecular complexity index is 570. The number of hydrogen-bond acceptors (Lipinski definition) is 5. The quantitative estimate of drug-likeness (QED) is 0.837. The minimum Gasteiger partial charge on any atom is -0.381 e. The van der Waals surface area contributed by atoms with Crippen molar-refractivity contribution in [1.29, 1.82) is 0 Å². The molecule has 136 valence electrons. The Morgan fingerprint density at radius 3 is 2.56 bits per heavy atom. The van der Waals surface area contributed by atoms with E-state index in [4.69, 9.17) is 4.74 Å². The summed E-state index contributed by atoms with van der Waals surface area (Å²) in [5.74, 6) is 0.766. The van der Waals surface area contributed by atoms with Gasteiger partial charge in [-0.25, -0.2) is 4.98 Å². The van der Waals surface area contributed by atoms with Crippen molar-refractivity contribution in [2.75, 3.05) is 45.9 Å². The fourth-order valence-corrected chi connectivity index (χ4v) is 4.56. The van der Waals surface area contributed by atoms with E-state index in [0.29, 0.717) is 11.1 Å². The van der Waals surface area contributed by atoms with Crippen molar-refractivity contribution in [1.82, 2.24) is 19.8 Å². The second-order valence-corrected chi connectivity index (χ2v) is 7.91. The van der Waals surface area contributed by atoms with E-state index in [2.05, 4.69) is 14.9 Å². The van der Waals surface area contributed by atoms with Crippen molar-refractivity contribution in [3.63, 3.8) is 0 Å². The lowest BCUT2D eigenvalue weighted by atomic mass is 9.71. The standard InChI is InChI=1S/C19H28N4O2/c24-18(17-13-20-6-7-21-17)23-10-4-19(5-11-23)2-8-22(9-3-19)14-16-1-12-25-15-16/h6-7,13,16H,1-5,8-12,14-15H2. The van der Waals surface area contributed by atoms with Crippen LogP contribution in [-0.2, 0) is 4.74 Å². The molecule has 0 radical (unpaired) electrons. The minimum atomic E-state index is 0.0293. The predicted molar refractivity (Wildman–Crippen MR) is 94.2 cm³/mol. The third kappa shape index (κ3) is 3.85. The number of piperidine rings is 2. The molecule has 1 amide bonds. The second kappa shape index (κ2) is 7.38. The monoisotopic (exact) mass is 344 g/mol. The predicted octanol–water partition coefficient (Wildman–Crippen LogP) is 1.83. The number of aromatic nitrogens is 2. The number of likely N-dealkylation sites (tertiary alicyclic amines) is 2. The molecule has 3 aliphatic rings. The van der Waals surface area contributed by atoms with Gasteiger partial charge in [-0.15, -0.1) is 0 Å². The molecular weight excluding hydrogens is 316 g/mol. The Hall–Kier alpha value is -1.53. The molecule has 6 nitrogen and oxygen atoms in total. The van der Waals surface area contributed by atoms with E-state index >= 15 is 0 Å². The molecule has 1 aromatic heterocycles. The van der Waals surface area contributed by atoms with E-state index in [1.807, 2.05) is 4.90 Å². The summed E-state index contributed by atoms with van der Waals surface area (Å²) in [4.78, 5) is 25.3. The molecule has 4 heterocycles. The van der Waals surface area contributed by atoms with Gasteiger partial charge in [0.1, 0.15) is 5.69 Å². The first-order chi connectivity index (χ1) is 12.2. The number of ether oxygens (including phenoxy) is 1. The van der Waals surface area contributed by atoms with E-state index in [-0.39, 0.29) is 5.91 Å². The Morgan fingerprint density at radius 1 is 1.16 bits per heavy atom. The molecule has 1 spiro atoms. The van der Waals surface area contributed by atoms with Crippen LogP contribution >= 0.6 is 0 Å². The van der Waals surface area contributed by atoms with Crippen LogP contribution in [0.4, 0.5) is 0 Å². The van der Waals surface area contributed by atoms with Gasteiger partial charge < -0.3 is 14.5 Å². The largest absolute Gasteiger partial charge is 0.381 e. The summed E-state index contributed by atoms with van der Waals surface area (Å²) in [6.07, 6.45) is 10.8. The van der Waals surface area contributed by atoms with Gasteiger partial charge in [-0.2, -0.15) is 0 Å². The molecule has 3 fully saturated rings. The van der Waals surface area contributed by atoms with Crippen molar-refractivity contribution in [3.8, 4) is 0 Å². The Balaban J connectivity index is 1.26. The highest BCUT2D eigenvalue weighted by atomic mass is 16.5. The smallest absolute Gasteiger partial charge is 0.274 e. The second-order valence-electron chi connectivity index (χ2n) is 7.91. The van der Waals surface area contributed by atoms with Crippen molar-refractivity contribution in [2.24, 2.45) is 11.3 Å². The minimum absolute atomic E-state index is 0.0293. The first-order valence-corrected chi connectivity index (χ1v) is 9.60. The van der Waals surface area contributed by atoms with E-state index in [1.165, 1.54) is 38.9 Å². The maximum Gasteiger partial charge on any atom is 0.274 e. The third-order valence-electron chi connectivity index (χ3n) is 6.35. The van der Waals surface area contributed by atoms with Crippen molar-refractivity contribution in [2.45, 2.75) is 32.1 Å². The number of carbonyl (C=O) groups excluding carboxylic acids is 1. The lowest BCUT2D eigenvalue weighted by Crippen LogP contribution is -2.49. The highest BCUT2D eigenvalue weighted by molar-refractivity contribution is 5.92. The number of nitrogens with zero attached hydrogens (tertiary/aromatic N) is 4. The molecule has 0 bridgehead atoms. The molecular formula is C19H28N4O2. The van der Waals surface area contributed by atoms with Gasteiger partial charge in [-0.1, -0.05) is 0 Å². The van der Waals surface area contributed by atoms with Crippen LogP contribution in [0.1, 0.15) is 42.6 Å². The average Bonchev–Trinajstić information content (AvgIpc) is 3.18. The molecule has 0 N–H and O–H groups in total. The summed E-state index contributed by atoms with van der Waals surface area (Å²) in [5, 5.41) is 0. The number of amides is 1. The van der Waals surface area contributed by atoms with E-state index in [0.717, 1.165) is 45.1 Å². The summed E-state index contributed by atoms with van der Waals surface area (Å²) >= 11 is 0. The van der Waals surface area contributed by atoms with Crippen molar-refractivity contribution >= 4 is 5.91 Å². The third-order valence-corrected chi connectivity index (χ3v) is 6.35. The number of hydrogen-bond donors (Lipinski definition) is 0. The van der Waals surface area contributed by atoms with Crippen LogP contribution in [-0.4, -0.2) is 71.6 Å². The lowest BCUT2D eigenvalue weighted by molar-refractivity contribution is 0.0261. The Kier molecular flexibility index (Phi) is 4.99. The van der Waals surface area contributed by atoms with E-state index in [9.17, 15) is 4.79 Å². The molecule has 0 aromatic carbocycles. The average molecular weight is 344 g/mol. The molecule has 25 heavy (non-hydrogen) atoms. The molecule has 3 saturated heterocycles. The van der Waals surface area contributed by atoms with Gasteiger partial charge in [0.2, 0.25) is 0 Å². The first-order valence-electron chi connectivity index (χ1n) is 9.60. The SMILES string of the molecule is O=C(c1cnccn1)N1CCC2(CCN(CC3CCOC3)CC2)CC1. The Labute approximate surface area is 149 Å². The molecule has 4 rings (SSSR count). The van der Waals surface area contributed by atoms with Crippen molar-refractivity contribution < 1.29 is 9.53 Å². The molecule has 0 saturated carbocycles. The van der Waals surface area contributed by atoms with Gasteiger partial charge in [0, 0.05) is 38.6 Å². The van der Waals surface area contributed by atoms with E-state index in [1.54, 1.807) is 18.6 Å². The number of carbonyl (C=O) groups is 1. The molecule has 3 aliphatic heterocycles. The van der Waals surface area contributed by atoms with Gasteiger partial charge >= 0.3 is 0 Å². The molecule has 0 aliphatic carbocycles. The maximum atomic E-state index is 12.5. The first kappa shape index (κ1) is 16.9. The number of rotatable bonds is 3. The summed E-state index contributed by atoms with van der Waals surface area (Å²) in [6.45, 7) is 7.20. The fraction of sp³-hybridized carbons (Fsp3) is 0.737. The van der Waals surface area contributed by atoms with Crippen LogP contribution in [0.15, 0.2) is 18.6 Å². The molecule has 1 aromatic rings. The van der Waals surface area contributed by atoms with Crippen LogP contribution in [0.25, 0.3) is 0 Å². The molecule has 1 atom stereocenters.